The lowest BCUT2D eigenvalue weighted by atomic mass is 9.80. The number of rotatable bonds is 4. The second kappa shape index (κ2) is 8.96. The molecule has 0 bridgehead atoms. The van der Waals surface area contributed by atoms with Crippen molar-refractivity contribution in [3.05, 3.63) is 146 Å². The van der Waals surface area contributed by atoms with E-state index >= 15 is 0 Å². The summed E-state index contributed by atoms with van der Waals surface area (Å²) in [5, 5.41) is 2.28. The van der Waals surface area contributed by atoms with Gasteiger partial charge in [0.2, 0.25) is 0 Å². The molecular formula is C36H24O. The van der Waals surface area contributed by atoms with Crippen LogP contribution in [0.2, 0.25) is 0 Å². The number of hydrogen-bond acceptors (Lipinski definition) is 1. The van der Waals surface area contributed by atoms with Gasteiger partial charge >= 0.3 is 0 Å². The van der Waals surface area contributed by atoms with Gasteiger partial charge in [-0.1, -0.05) is 140 Å². The Labute approximate surface area is 216 Å². The van der Waals surface area contributed by atoms with Gasteiger partial charge in [0.25, 0.3) is 0 Å². The number of para-hydroxylation sites is 1. The third kappa shape index (κ3) is 3.56. The van der Waals surface area contributed by atoms with Crippen LogP contribution in [0.5, 0.6) is 0 Å². The molecule has 7 aromatic rings. The average molecular weight is 473 g/mol. The van der Waals surface area contributed by atoms with Crippen molar-refractivity contribution in [2.45, 2.75) is 0 Å². The molecule has 0 radical (unpaired) electrons. The summed E-state index contributed by atoms with van der Waals surface area (Å²) in [5.74, 6) is 0. The monoisotopic (exact) mass is 472 g/mol. The van der Waals surface area contributed by atoms with E-state index in [0.717, 1.165) is 33.1 Å². The second-order valence-corrected chi connectivity index (χ2v) is 9.27. The number of benzene rings is 6. The van der Waals surface area contributed by atoms with Gasteiger partial charge in [-0.15, -0.1) is 0 Å². The Morgan fingerprint density at radius 3 is 1.22 bits per heavy atom. The predicted octanol–water partition coefficient (Wildman–Crippen LogP) is 10.3. The van der Waals surface area contributed by atoms with E-state index in [9.17, 15) is 0 Å². The van der Waals surface area contributed by atoms with Gasteiger partial charge in [0.1, 0.15) is 11.2 Å². The van der Waals surface area contributed by atoms with E-state index in [1.165, 1.54) is 33.4 Å². The molecule has 1 heteroatoms. The number of fused-ring (bicyclic) bond motifs is 3. The molecule has 1 heterocycles. The fourth-order valence-electron chi connectivity index (χ4n) is 5.52. The summed E-state index contributed by atoms with van der Waals surface area (Å²) in [6.07, 6.45) is 0. The fourth-order valence-corrected chi connectivity index (χ4v) is 5.52. The van der Waals surface area contributed by atoms with Crippen LogP contribution in [0.1, 0.15) is 0 Å². The molecule has 7 rings (SSSR count). The minimum atomic E-state index is 0.899. The molecule has 0 saturated heterocycles. The van der Waals surface area contributed by atoms with Crippen molar-refractivity contribution < 1.29 is 4.42 Å². The van der Waals surface area contributed by atoms with Gasteiger partial charge in [0.15, 0.2) is 0 Å². The summed E-state index contributed by atoms with van der Waals surface area (Å²) in [7, 11) is 0. The molecular weight excluding hydrogens is 448 g/mol. The summed E-state index contributed by atoms with van der Waals surface area (Å²) < 4.78 is 6.75. The normalized spacial score (nSPS) is 11.2. The zero-order valence-electron chi connectivity index (χ0n) is 20.3. The van der Waals surface area contributed by atoms with Crippen LogP contribution in [0.4, 0.5) is 0 Å². The lowest BCUT2D eigenvalue weighted by Crippen LogP contribution is -1.96. The molecule has 0 aliphatic carbocycles. The first kappa shape index (κ1) is 21.4. The molecule has 0 spiro atoms. The van der Waals surface area contributed by atoms with Crippen molar-refractivity contribution in [1.29, 1.82) is 0 Å². The van der Waals surface area contributed by atoms with Crippen LogP contribution in [0.25, 0.3) is 66.4 Å². The summed E-state index contributed by atoms with van der Waals surface area (Å²) in [6.45, 7) is 0. The first-order valence-corrected chi connectivity index (χ1v) is 12.6. The van der Waals surface area contributed by atoms with E-state index in [1.54, 1.807) is 0 Å². The molecule has 6 aromatic carbocycles. The summed E-state index contributed by atoms with van der Waals surface area (Å²) in [4.78, 5) is 0. The maximum atomic E-state index is 6.75. The predicted molar refractivity (Wildman–Crippen MR) is 155 cm³/mol. The van der Waals surface area contributed by atoms with E-state index in [1.807, 2.05) is 6.07 Å². The average Bonchev–Trinajstić information content (AvgIpc) is 3.37. The minimum Gasteiger partial charge on any atom is -0.455 e. The standard InChI is InChI=1S/C36H24O/c1-5-15-25(16-6-1)31-32(26-17-7-2-8-18-26)34(28-21-11-4-12-22-28)36-35(29-23-13-14-24-30(29)37-36)33(31)27-19-9-3-10-20-27/h1-24H. The van der Waals surface area contributed by atoms with Crippen molar-refractivity contribution in [2.75, 3.05) is 0 Å². The van der Waals surface area contributed by atoms with Crippen molar-refractivity contribution in [3.63, 3.8) is 0 Å². The molecule has 0 atom stereocenters. The quantitative estimate of drug-likeness (QED) is 0.248. The van der Waals surface area contributed by atoms with Crippen LogP contribution in [-0.2, 0) is 0 Å². The Kier molecular flexibility index (Phi) is 5.19. The topological polar surface area (TPSA) is 13.1 Å². The lowest BCUT2D eigenvalue weighted by molar-refractivity contribution is 0.670. The SMILES string of the molecule is c1ccc(-c2c(-c3ccccc3)c(-c3ccccc3)c3c(oc4ccccc43)c2-c2ccccc2)cc1. The minimum absolute atomic E-state index is 0.899. The van der Waals surface area contributed by atoms with E-state index in [4.69, 9.17) is 4.42 Å². The molecule has 0 fully saturated rings. The molecule has 1 aromatic heterocycles. The van der Waals surface area contributed by atoms with Gasteiger partial charge in [-0.05, 0) is 33.9 Å². The second-order valence-electron chi connectivity index (χ2n) is 9.27. The van der Waals surface area contributed by atoms with Gasteiger partial charge in [0.05, 0.1) is 0 Å². The van der Waals surface area contributed by atoms with Crippen LogP contribution in [-0.4, -0.2) is 0 Å². The maximum absolute atomic E-state index is 6.75. The molecule has 0 unspecified atom stereocenters. The van der Waals surface area contributed by atoms with Crippen LogP contribution >= 0.6 is 0 Å². The zero-order chi connectivity index (χ0) is 24.6. The summed E-state index contributed by atoms with van der Waals surface area (Å²) in [5.41, 5.74) is 11.2. The first-order valence-electron chi connectivity index (χ1n) is 12.6. The highest BCUT2D eigenvalue weighted by molar-refractivity contribution is 6.24. The first-order chi connectivity index (χ1) is 18.4. The molecule has 174 valence electrons. The Morgan fingerprint density at radius 1 is 0.324 bits per heavy atom. The Hall–Kier alpha value is -4.88. The third-order valence-electron chi connectivity index (χ3n) is 7.07. The van der Waals surface area contributed by atoms with Crippen LogP contribution in [0.15, 0.2) is 150 Å². The van der Waals surface area contributed by atoms with Gasteiger partial charge in [-0.2, -0.15) is 0 Å². The highest BCUT2D eigenvalue weighted by atomic mass is 16.3. The Balaban J connectivity index is 1.81. The van der Waals surface area contributed by atoms with Crippen molar-refractivity contribution in [3.8, 4) is 44.5 Å². The zero-order valence-corrected chi connectivity index (χ0v) is 20.3. The van der Waals surface area contributed by atoms with Crippen molar-refractivity contribution in [1.82, 2.24) is 0 Å². The number of furan rings is 1. The largest absolute Gasteiger partial charge is 0.455 e. The van der Waals surface area contributed by atoms with E-state index < -0.39 is 0 Å². The molecule has 0 aliphatic rings. The maximum Gasteiger partial charge on any atom is 0.144 e. The van der Waals surface area contributed by atoms with Gasteiger partial charge in [-0.3, -0.25) is 0 Å². The molecule has 0 saturated carbocycles. The Morgan fingerprint density at radius 2 is 0.703 bits per heavy atom. The van der Waals surface area contributed by atoms with Crippen LogP contribution in [0.3, 0.4) is 0 Å². The van der Waals surface area contributed by atoms with Crippen LogP contribution in [0, 0.1) is 0 Å². The third-order valence-corrected chi connectivity index (χ3v) is 7.07. The molecule has 1 nitrogen and oxygen atoms in total. The fraction of sp³-hybridized carbons (Fsp3) is 0. The van der Waals surface area contributed by atoms with Crippen LogP contribution < -0.4 is 0 Å². The molecule has 0 amide bonds. The van der Waals surface area contributed by atoms with E-state index in [-0.39, 0.29) is 0 Å². The van der Waals surface area contributed by atoms with Crippen molar-refractivity contribution in [2.24, 2.45) is 0 Å². The lowest BCUT2D eigenvalue weighted by Gasteiger charge is -2.22. The summed E-state index contributed by atoms with van der Waals surface area (Å²) in [6, 6.07) is 51.3. The summed E-state index contributed by atoms with van der Waals surface area (Å²) >= 11 is 0. The van der Waals surface area contributed by atoms with E-state index in [0.29, 0.717) is 0 Å². The number of hydrogen-bond donors (Lipinski definition) is 0. The molecule has 0 N–H and O–H groups in total. The van der Waals surface area contributed by atoms with Gasteiger partial charge in [-0.25, -0.2) is 0 Å². The smallest absolute Gasteiger partial charge is 0.144 e. The van der Waals surface area contributed by atoms with Gasteiger partial charge < -0.3 is 4.42 Å². The highest BCUT2D eigenvalue weighted by Gasteiger charge is 2.27. The molecule has 0 aliphatic heterocycles. The highest BCUT2D eigenvalue weighted by Crippen LogP contribution is 2.53. The van der Waals surface area contributed by atoms with Gasteiger partial charge in [0, 0.05) is 27.5 Å². The molecule has 37 heavy (non-hydrogen) atoms. The van der Waals surface area contributed by atoms with Crippen molar-refractivity contribution >= 4 is 21.9 Å². The Bertz CT molecular complexity index is 1830. The van der Waals surface area contributed by atoms with E-state index in [2.05, 4.69) is 140 Å².